The van der Waals surface area contributed by atoms with Crippen molar-refractivity contribution in [3.63, 3.8) is 0 Å². The fraction of sp³-hybridized carbons (Fsp3) is 0. The first-order valence-electron chi connectivity index (χ1n) is 5.81. The summed E-state index contributed by atoms with van der Waals surface area (Å²) in [6.07, 6.45) is 1.63. The molecule has 1 aromatic heterocycles. The number of hydrogen-bond donors (Lipinski definition) is 1. The topological polar surface area (TPSA) is 48.1 Å². The summed E-state index contributed by atoms with van der Waals surface area (Å²) in [7, 11) is 0. The van der Waals surface area contributed by atoms with Crippen LogP contribution in [-0.4, -0.2) is 4.98 Å². The van der Waals surface area contributed by atoms with Gasteiger partial charge in [-0.1, -0.05) is 18.2 Å². The summed E-state index contributed by atoms with van der Waals surface area (Å²) in [5.41, 5.74) is 5.86. The first kappa shape index (κ1) is 11.5. The number of aromatic nitrogens is 1. The van der Waals surface area contributed by atoms with Gasteiger partial charge in [0.15, 0.2) is 11.6 Å². The molecule has 0 fully saturated rings. The third-order valence-electron chi connectivity index (χ3n) is 2.80. The Kier molecular flexibility index (Phi) is 2.76. The third kappa shape index (κ3) is 2.20. The number of nitrogen functional groups attached to an aromatic ring is 1. The Labute approximate surface area is 109 Å². The van der Waals surface area contributed by atoms with Crippen molar-refractivity contribution in [3.8, 4) is 11.6 Å². The zero-order valence-electron chi connectivity index (χ0n) is 10.0. The van der Waals surface area contributed by atoms with Crippen LogP contribution < -0.4 is 10.5 Å². The molecule has 0 aliphatic heterocycles. The highest BCUT2D eigenvalue weighted by atomic mass is 19.1. The van der Waals surface area contributed by atoms with Gasteiger partial charge in [0, 0.05) is 23.3 Å². The summed E-state index contributed by atoms with van der Waals surface area (Å²) in [6, 6.07) is 13.8. The van der Waals surface area contributed by atoms with Crippen LogP contribution in [0.25, 0.3) is 10.8 Å². The molecular weight excluding hydrogens is 243 g/mol. The Morgan fingerprint density at radius 2 is 1.89 bits per heavy atom. The summed E-state index contributed by atoms with van der Waals surface area (Å²) in [5.74, 6) is -0.0189. The van der Waals surface area contributed by atoms with E-state index in [1.54, 1.807) is 12.3 Å². The van der Waals surface area contributed by atoms with Gasteiger partial charge in [-0.05, 0) is 29.7 Å². The smallest absolute Gasteiger partial charge is 0.227 e. The number of fused-ring (bicyclic) bond motifs is 1. The molecule has 0 unspecified atom stereocenters. The first-order chi connectivity index (χ1) is 9.24. The van der Waals surface area contributed by atoms with Crippen LogP contribution in [0.5, 0.6) is 11.6 Å². The second-order valence-electron chi connectivity index (χ2n) is 4.13. The van der Waals surface area contributed by atoms with Gasteiger partial charge in [-0.15, -0.1) is 0 Å². The molecule has 0 aliphatic carbocycles. The minimum atomic E-state index is -0.505. The van der Waals surface area contributed by atoms with Gasteiger partial charge in [0.2, 0.25) is 5.88 Å². The van der Waals surface area contributed by atoms with Gasteiger partial charge in [0.05, 0.1) is 0 Å². The molecule has 3 nitrogen and oxygen atoms in total. The van der Waals surface area contributed by atoms with E-state index >= 15 is 0 Å². The van der Waals surface area contributed by atoms with Crippen molar-refractivity contribution in [2.75, 3.05) is 5.73 Å². The van der Waals surface area contributed by atoms with Gasteiger partial charge in [-0.25, -0.2) is 9.37 Å². The number of nitrogens with two attached hydrogens (primary N) is 1. The highest BCUT2D eigenvalue weighted by Crippen LogP contribution is 2.29. The standard InChI is InChI=1S/C15H11FN2O/c16-13-9-11(17)5-6-14(13)19-15-12-4-2-1-3-10(12)7-8-18-15/h1-9H,17H2. The first-order valence-corrected chi connectivity index (χ1v) is 5.81. The minimum Gasteiger partial charge on any atom is -0.435 e. The monoisotopic (exact) mass is 254 g/mol. The molecule has 1 heterocycles. The summed E-state index contributed by atoms with van der Waals surface area (Å²) in [5, 5.41) is 1.82. The maximum Gasteiger partial charge on any atom is 0.227 e. The van der Waals surface area contributed by atoms with E-state index in [0.717, 1.165) is 10.8 Å². The molecule has 3 aromatic rings. The fourth-order valence-corrected chi connectivity index (χ4v) is 1.88. The van der Waals surface area contributed by atoms with E-state index in [9.17, 15) is 4.39 Å². The van der Waals surface area contributed by atoms with Gasteiger partial charge >= 0.3 is 0 Å². The average molecular weight is 254 g/mol. The number of ether oxygens (including phenoxy) is 1. The highest BCUT2D eigenvalue weighted by molar-refractivity contribution is 5.86. The maximum atomic E-state index is 13.7. The Balaban J connectivity index is 2.06. The van der Waals surface area contributed by atoms with Crippen molar-refractivity contribution in [3.05, 3.63) is 60.5 Å². The van der Waals surface area contributed by atoms with E-state index < -0.39 is 5.82 Å². The lowest BCUT2D eigenvalue weighted by atomic mass is 10.2. The van der Waals surface area contributed by atoms with Crippen molar-refractivity contribution < 1.29 is 9.13 Å². The molecule has 0 atom stereocenters. The lowest BCUT2D eigenvalue weighted by Gasteiger charge is -2.08. The molecule has 3 rings (SSSR count). The minimum absolute atomic E-state index is 0.109. The second kappa shape index (κ2) is 4.57. The van der Waals surface area contributed by atoms with Gasteiger partial charge in [0.1, 0.15) is 0 Å². The van der Waals surface area contributed by atoms with Crippen molar-refractivity contribution in [1.29, 1.82) is 0 Å². The van der Waals surface area contributed by atoms with Crippen molar-refractivity contribution in [1.82, 2.24) is 4.98 Å². The van der Waals surface area contributed by atoms with E-state index in [2.05, 4.69) is 4.98 Å². The van der Waals surface area contributed by atoms with E-state index in [0.29, 0.717) is 11.6 Å². The Bertz CT molecular complexity index is 738. The lowest BCUT2D eigenvalue weighted by Crippen LogP contribution is -1.93. The van der Waals surface area contributed by atoms with Crippen LogP contribution in [0, 0.1) is 5.82 Å². The van der Waals surface area contributed by atoms with Crippen LogP contribution in [0.4, 0.5) is 10.1 Å². The quantitative estimate of drug-likeness (QED) is 0.708. The zero-order valence-corrected chi connectivity index (χ0v) is 10.0. The van der Waals surface area contributed by atoms with Crippen LogP contribution >= 0.6 is 0 Å². The largest absolute Gasteiger partial charge is 0.435 e. The number of anilines is 1. The Morgan fingerprint density at radius 1 is 1.05 bits per heavy atom. The number of halogens is 1. The third-order valence-corrected chi connectivity index (χ3v) is 2.80. The molecule has 2 aromatic carbocycles. The predicted octanol–water partition coefficient (Wildman–Crippen LogP) is 3.75. The van der Waals surface area contributed by atoms with Crippen LogP contribution in [0.15, 0.2) is 54.7 Å². The lowest BCUT2D eigenvalue weighted by molar-refractivity contribution is 0.432. The number of pyridine rings is 1. The Hall–Kier alpha value is -2.62. The van der Waals surface area contributed by atoms with Crippen molar-refractivity contribution in [2.24, 2.45) is 0 Å². The van der Waals surface area contributed by atoms with Crippen molar-refractivity contribution in [2.45, 2.75) is 0 Å². The summed E-state index contributed by atoms with van der Waals surface area (Å²) in [4.78, 5) is 4.15. The molecule has 0 aliphatic rings. The molecule has 19 heavy (non-hydrogen) atoms. The van der Waals surface area contributed by atoms with Gasteiger partial charge in [-0.3, -0.25) is 0 Å². The van der Waals surface area contributed by atoms with Crippen molar-refractivity contribution >= 4 is 16.5 Å². The zero-order chi connectivity index (χ0) is 13.2. The molecule has 0 saturated heterocycles. The van der Waals surface area contributed by atoms with E-state index in [-0.39, 0.29) is 5.75 Å². The predicted molar refractivity (Wildman–Crippen MR) is 72.6 cm³/mol. The number of rotatable bonds is 2. The Morgan fingerprint density at radius 3 is 2.74 bits per heavy atom. The summed E-state index contributed by atoms with van der Waals surface area (Å²) in [6.45, 7) is 0. The summed E-state index contributed by atoms with van der Waals surface area (Å²) < 4.78 is 19.2. The number of benzene rings is 2. The van der Waals surface area contributed by atoms with Crippen LogP contribution in [-0.2, 0) is 0 Å². The molecular formula is C15H11FN2O. The molecule has 4 heteroatoms. The van der Waals surface area contributed by atoms with Crippen LogP contribution in [0.3, 0.4) is 0 Å². The van der Waals surface area contributed by atoms with Gasteiger partial charge < -0.3 is 10.5 Å². The molecule has 2 N–H and O–H groups in total. The second-order valence-corrected chi connectivity index (χ2v) is 4.13. The molecule has 0 saturated carbocycles. The number of nitrogens with zero attached hydrogens (tertiary/aromatic N) is 1. The molecule has 0 bridgehead atoms. The van der Waals surface area contributed by atoms with E-state index in [4.69, 9.17) is 10.5 Å². The van der Waals surface area contributed by atoms with Crippen LogP contribution in [0.1, 0.15) is 0 Å². The highest BCUT2D eigenvalue weighted by Gasteiger charge is 2.08. The summed E-state index contributed by atoms with van der Waals surface area (Å²) >= 11 is 0. The SMILES string of the molecule is Nc1ccc(Oc2nccc3ccccc23)c(F)c1. The van der Waals surface area contributed by atoms with E-state index in [1.807, 2.05) is 30.3 Å². The molecule has 0 radical (unpaired) electrons. The average Bonchev–Trinajstić information content (AvgIpc) is 2.42. The van der Waals surface area contributed by atoms with Crippen LogP contribution in [0.2, 0.25) is 0 Å². The number of hydrogen-bond acceptors (Lipinski definition) is 3. The molecule has 0 spiro atoms. The fourth-order valence-electron chi connectivity index (χ4n) is 1.88. The van der Waals surface area contributed by atoms with E-state index in [1.165, 1.54) is 12.1 Å². The maximum absolute atomic E-state index is 13.7. The molecule has 0 amide bonds. The van der Waals surface area contributed by atoms with Gasteiger partial charge in [0.25, 0.3) is 0 Å². The molecule has 94 valence electrons. The normalized spacial score (nSPS) is 10.6. The van der Waals surface area contributed by atoms with Gasteiger partial charge in [-0.2, -0.15) is 0 Å².